The Morgan fingerprint density at radius 3 is 2.35 bits per heavy atom. The molecule has 0 radical (unpaired) electrons. The predicted octanol–water partition coefficient (Wildman–Crippen LogP) is 4.15. The van der Waals surface area contributed by atoms with Crippen LogP contribution in [-0.2, 0) is 10.3 Å². The van der Waals surface area contributed by atoms with Crippen molar-refractivity contribution in [2.24, 2.45) is 0 Å². The van der Waals surface area contributed by atoms with Gasteiger partial charge in [0.05, 0.1) is 17.7 Å². The van der Waals surface area contributed by atoms with Gasteiger partial charge in [-0.15, -0.1) is 0 Å². The third-order valence-electron chi connectivity index (χ3n) is 3.80. The number of alkyl halides is 3. The van der Waals surface area contributed by atoms with E-state index < -0.39 is 17.9 Å². The lowest BCUT2D eigenvalue weighted by molar-refractivity contribution is -0.265. The highest BCUT2D eigenvalue weighted by atomic mass is 19.4. The molecule has 6 heteroatoms. The second-order valence-electron chi connectivity index (χ2n) is 5.20. The zero-order valence-corrected chi connectivity index (χ0v) is 12.5. The molecule has 1 aliphatic heterocycles. The number of nitriles is 2. The summed E-state index contributed by atoms with van der Waals surface area (Å²) in [6.07, 6.45) is -4.72. The number of allylic oxidation sites excluding steroid dienone is 1. The molecule has 0 fully saturated rings. The number of ether oxygens (including phenoxy) is 1. The highest BCUT2D eigenvalue weighted by Gasteiger charge is 2.63. The fourth-order valence-electron chi connectivity index (χ4n) is 2.67. The molecule has 3 nitrogen and oxygen atoms in total. The summed E-state index contributed by atoms with van der Waals surface area (Å²) >= 11 is 0. The molecule has 2 rings (SSSR count). The van der Waals surface area contributed by atoms with E-state index >= 15 is 0 Å². The smallest absolute Gasteiger partial charge is 0.344 e. The average Bonchev–Trinajstić information content (AvgIpc) is 2.80. The van der Waals surface area contributed by atoms with Crippen LogP contribution in [0, 0.1) is 22.7 Å². The highest BCUT2D eigenvalue weighted by molar-refractivity contribution is 5.49. The fourth-order valence-corrected chi connectivity index (χ4v) is 2.67. The third kappa shape index (κ3) is 2.62. The SMILES string of the molecule is CC(C#N)=CC1OC(c2ccccc2)(C(F)(F)F)C(C)=C1C#N. The summed E-state index contributed by atoms with van der Waals surface area (Å²) in [6, 6.07) is 10.8. The van der Waals surface area contributed by atoms with Crippen LogP contribution in [0.4, 0.5) is 13.2 Å². The number of halogens is 3. The van der Waals surface area contributed by atoms with Crippen molar-refractivity contribution in [2.75, 3.05) is 0 Å². The Hall–Kier alpha value is -2.57. The highest BCUT2D eigenvalue weighted by Crippen LogP contribution is 2.53. The van der Waals surface area contributed by atoms with Crippen LogP contribution in [0.25, 0.3) is 0 Å². The zero-order valence-electron chi connectivity index (χ0n) is 12.5. The standard InChI is InChI=1S/C17H13F3N2O/c1-11(9-21)8-15-14(10-22)12(2)16(23-15,17(18,19)20)13-6-4-3-5-7-13/h3-8,15H,1-2H3. The molecule has 0 bridgehead atoms. The molecule has 0 amide bonds. The minimum atomic E-state index is -4.75. The van der Waals surface area contributed by atoms with Crippen molar-refractivity contribution < 1.29 is 17.9 Å². The lowest BCUT2D eigenvalue weighted by atomic mass is 9.85. The van der Waals surface area contributed by atoms with Gasteiger partial charge in [-0.25, -0.2) is 0 Å². The van der Waals surface area contributed by atoms with E-state index in [1.165, 1.54) is 44.2 Å². The van der Waals surface area contributed by atoms with E-state index in [0.717, 1.165) is 0 Å². The van der Waals surface area contributed by atoms with Crippen molar-refractivity contribution in [3.8, 4) is 12.1 Å². The molecule has 0 N–H and O–H groups in total. The second-order valence-corrected chi connectivity index (χ2v) is 5.20. The number of benzene rings is 1. The van der Waals surface area contributed by atoms with Gasteiger partial charge in [0.15, 0.2) is 0 Å². The van der Waals surface area contributed by atoms with Crippen LogP contribution in [0.5, 0.6) is 0 Å². The van der Waals surface area contributed by atoms with E-state index in [-0.39, 0.29) is 22.3 Å². The Bertz CT molecular complexity index is 751. The van der Waals surface area contributed by atoms with Crippen molar-refractivity contribution in [3.05, 3.63) is 58.7 Å². The summed E-state index contributed by atoms with van der Waals surface area (Å²) < 4.78 is 47.0. The van der Waals surface area contributed by atoms with Gasteiger partial charge in [-0.1, -0.05) is 30.3 Å². The van der Waals surface area contributed by atoms with E-state index in [1.807, 2.05) is 6.07 Å². The van der Waals surface area contributed by atoms with Crippen LogP contribution in [0.15, 0.2) is 53.1 Å². The minimum absolute atomic E-state index is 0.0942. The summed E-state index contributed by atoms with van der Waals surface area (Å²) in [5.74, 6) is 0. The van der Waals surface area contributed by atoms with Crippen LogP contribution >= 0.6 is 0 Å². The second kappa shape index (κ2) is 5.91. The maximum Gasteiger partial charge on any atom is 0.425 e. The van der Waals surface area contributed by atoms with Gasteiger partial charge in [0.2, 0.25) is 5.60 Å². The topological polar surface area (TPSA) is 56.8 Å². The van der Waals surface area contributed by atoms with Crippen molar-refractivity contribution in [2.45, 2.75) is 31.7 Å². The molecule has 0 saturated heterocycles. The molecular formula is C17H13F3N2O. The van der Waals surface area contributed by atoms with Crippen molar-refractivity contribution in [3.63, 3.8) is 0 Å². The fraction of sp³-hybridized carbons (Fsp3) is 0.294. The Morgan fingerprint density at radius 2 is 1.87 bits per heavy atom. The molecule has 0 aromatic heterocycles. The van der Waals surface area contributed by atoms with E-state index in [1.54, 1.807) is 12.1 Å². The number of rotatable bonds is 2. The van der Waals surface area contributed by atoms with Gasteiger partial charge < -0.3 is 4.74 Å². The molecule has 0 aliphatic carbocycles. The van der Waals surface area contributed by atoms with Gasteiger partial charge in [-0.3, -0.25) is 0 Å². The Morgan fingerprint density at radius 1 is 1.26 bits per heavy atom. The summed E-state index contributed by atoms with van der Waals surface area (Å²) in [5.41, 5.74) is -2.92. The zero-order chi connectivity index (χ0) is 17.3. The molecular weight excluding hydrogens is 305 g/mol. The molecule has 1 aliphatic rings. The lowest BCUT2D eigenvalue weighted by Gasteiger charge is -2.33. The van der Waals surface area contributed by atoms with Gasteiger partial charge in [0.25, 0.3) is 0 Å². The number of hydrogen-bond donors (Lipinski definition) is 0. The Labute approximate surface area is 131 Å². The predicted molar refractivity (Wildman–Crippen MR) is 76.7 cm³/mol. The lowest BCUT2D eigenvalue weighted by Crippen LogP contribution is -2.44. The molecule has 0 saturated carbocycles. The van der Waals surface area contributed by atoms with Crippen LogP contribution in [-0.4, -0.2) is 12.3 Å². The summed E-state index contributed by atoms with van der Waals surface area (Å²) in [4.78, 5) is 0. The van der Waals surface area contributed by atoms with Crippen molar-refractivity contribution in [1.29, 1.82) is 10.5 Å². The molecule has 1 heterocycles. The van der Waals surface area contributed by atoms with E-state index in [2.05, 4.69) is 0 Å². The largest absolute Gasteiger partial charge is 0.425 e. The molecule has 118 valence electrons. The summed E-state index contributed by atoms with van der Waals surface area (Å²) in [5, 5.41) is 18.1. The molecule has 1 aromatic rings. The van der Waals surface area contributed by atoms with Crippen molar-refractivity contribution in [1.82, 2.24) is 0 Å². The maximum absolute atomic E-state index is 13.9. The first-order valence-electron chi connectivity index (χ1n) is 6.78. The van der Waals surface area contributed by atoms with Gasteiger partial charge in [0.1, 0.15) is 6.10 Å². The van der Waals surface area contributed by atoms with E-state index in [4.69, 9.17) is 10.00 Å². The summed E-state index contributed by atoms with van der Waals surface area (Å²) in [6.45, 7) is 2.69. The molecule has 0 spiro atoms. The third-order valence-corrected chi connectivity index (χ3v) is 3.80. The summed E-state index contributed by atoms with van der Waals surface area (Å²) in [7, 11) is 0. The Balaban J connectivity index is 2.70. The number of hydrogen-bond acceptors (Lipinski definition) is 3. The normalized spacial score (nSPS) is 25.2. The molecule has 2 unspecified atom stereocenters. The minimum Gasteiger partial charge on any atom is -0.344 e. The average molecular weight is 318 g/mol. The van der Waals surface area contributed by atoms with E-state index in [0.29, 0.717) is 0 Å². The van der Waals surface area contributed by atoms with Crippen LogP contribution in [0.2, 0.25) is 0 Å². The van der Waals surface area contributed by atoms with Crippen LogP contribution in [0.1, 0.15) is 19.4 Å². The quantitative estimate of drug-likeness (QED) is 0.770. The maximum atomic E-state index is 13.9. The first-order chi connectivity index (χ1) is 10.8. The van der Waals surface area contributed by atoms with Gasteiger partial charge >= 0.3 is 6.18 Å². The monoisotopic (exact) mass is 318 g/mol. The van der Waals surface area contributed by atoms with Gasteiger partial charge in [-0.2, -0.15) is 23.7 Å². The molecule has 2 atom stereocenters. The van der Waals surface area contributed by atoms with E-state index in [9.17, 15) is 18.4 Å². The van der Waals surface area contributed by atoms with Crippen molar-refractivity contribution >= 4 is 0 Å². The van der Waals surface area contributed by atoms with Crippen LogP contribution < -0.4 is 0 Å². The van der Waals surface area contributed by atoms with Gasteiger partial charge in [0, 0.05) is 5.57 Å². The van der Waals surface area contributed by atoms with Crippen LogP contribution in [0.3, 0.4) is 0 Å². The first-order valence-corrected chi connectivity index (χ1v) is 6.78. The van der Waals surface area contributed by atoms with Gasteiger partial charge in [-0.05, 0) is 31.1 Å². The first kappa shape index (κ1) is 16.8. The molecule has 23 heavy (non-hydrogen) atoms. The molecule has 1 aromatic carbocycles. The number of nitrogens with zero attached hydrogens (tertiary/aromatic N) is 2. The Kier molecular flexibility index (Phi) is 4.31.